The Morgan fingerprint density at radius 1 is 0.941 bits per heavy atom. The molecule has 0 amide bonds. The zero-order valence-corrected chi connectivity index (χ0v) is 12.6. The first-order valence-electron chi connectivity index (χ1n) is 6.84. The van der Waals surface area contributed by atoms with Crippen molar-refractivity contribution >= 4 is 0 Å². The predicted octanol–water partition coefficient (Wildman–Crippen LogP) is 5.31. The van der Waals surface area contributed by atoms with Crippen molar-refractivity contribution in [3.8, 4) is 12.1 Å². The van der Waals surface area contributed by atoms with Crippen LogP contribution in [0.4, 0.5) is 0 Å². The lowest BCUT2D eigenvalue weighted by atomic mass is 9.96. The Morgan fingerprint density at radius 2 is 1.47 bits per heavy atom. The first-order chi connectivity index (χ1) is 8.09. The van der Waals surface area contributed by atoms with Crippen molar-refractivity contribution in [3.05, 3.63) is 0 Å². The lowest BCUT2D eigenvalue weighted by Crippen LogP contribution is -2.01. The van der Waals surface area contributed by atoms with E-state index < -0.39 is 0 Å². The summed E-state index contributed by atoms with van der Waals surface area (Å²) in [5.74, 6) is 1.20. The van der Waals surface area contributed by atoms with E-state index in [0.717, 1.165) is 12.8 Å². The fraction of sp³-hybridized carbons (Fsp3) is 0.867. The summed E-state index contributed by atoms with van der Waals surface area (Å²) in [5.41, 5.74) is 0. The van der Waals surface area contributed by atoms with E-state index in [1.165, 1.54) is 12.8 Å². The summed E-state index contributed by atoms with van der Waals surface area (Å²) in [4.78, 5) is 0. The molecule has 0 bridgehead atoms. The summed E-state index contributed by atoms with van der Waals surface area (Å²) in [7, 11) is 0. The van der Waals surface area contributed by atoms with Crippen LogP contribution in [0.1, 0.15) is 73.6 Å². The monoisotopic (exact) mass is 238 g/mol. The lowest BCUT2D eigenvalue weighted by molar-refractivity contribution is 0.427. The van der Waals surface area contributed by atoms with E-state index in [4.69, 9.17) is 10.5 Å². The Kier molecular flexibility index (Phi) is 25.5. The molecule has 100 valence electrons. The van der Waals surface area contributed by atoms with Crippen LogP contribution in [0.25, 0.3) is 0 Å². The Labute approximate surface area is 109 Å². The van der Waals surface area contributed by atoms with Crippen molar-refractivity contribution in [1.82, 2.24) is 0 Å². The molecule has 0 N–H and O–H groups in total. The van der Waals surface area contributed by atoms with Crippen LogP contribution in [0, 0.1) is 34.5 Å². The van der Waals surface area contributed by atoms with E-state index in [2.05, 4.69) is 39.8 Å². The van der Waals surface area contributed by atoms with Crippen LogP contribution in [0.15, 0.2) is 0 Å². The molecule has 0 fully saturated rings. The predicted molar refractivity (Wildman–Crippen MR) is 75.3 cm³/mol. The third kappa shape index (κ3) is 25.3. The molecule has 0 saturated heterocycles. The third-order valence-corrected chi connectivity index (χ3v) is 2.44. The second-order valence-electron chi connectivity index (χ2n) is 4.20. The number of nitrogens with zero attached hydrogens (tertiary/aromatic N) is 2. The van der Waals surface area contributed by atoms with Crippen molar-refractivity contribution in [2.45, 2.75) is 73.6 Å². The van der Waals surface area contributed by atoms with Crippen molar-refractivity contribution in [2.75, 3.05) is 0 Å². The molecule has 17 heavy (non-hydrogen) atoms. The summed E-state index contributed by atoms with van der Waals surface area (Å²) in [5, 5.41) is 16.3. The Hall–Kier alpha value is -1.02. The van der Waals surface area contributed by atoms with Gasteiger partial charge in [0.1, 0.15) is 0 Å². The molecule has 0 radical (unpaired) electrons. The van der Waals surface area contributed by atoms with Gasteiger partial charge in [-0.3, -0.25) is 0 Å². The molecule has 2 nitrogen and oxygen atoms in total. The van der Waals surface area contributed by atoms with E-state index in [1.54, 1.807) is 0 Å². The zero-order chi connectivity index (χ0) is 14.1. The van der Waals surface area contributed by atoms with Crippen molar-refractivity contribution in [1.29, 1.82) is 10.5 Å². The first-order valence-corrected chi connectivity index (χ1v) is 6.84. The fourth-order valence-electron chi connectivity index (χ4n) is 0.834. The van der Waals surface area contributed by atoms with Gasteiger partial charge >= 0.3 is 0 Å². The minimum Gasteiger partial charge on any atom is -0.198 e. The summed E-state index contributed by atoms with van der Waals surface area (Å²) in [6.07, 6.45) is 4.91. The molecule has 0 aromatic heterocycles. The molecular weight excluding hydrogens is 208 g/mol. The van der Waals surface area contributed by atoms with E-state index in [9.17, 15) is 0 Å². The average Bonchev–Trinajstić information content (AvgIpc) is 2.33. The van der Waals surface area contributed by atoms with Crippen molar-refractivity contribution < 1.29 is 0 Å². The highest BCUT2D eigenvalue weighted by atomic mass is 14.2. The topological polar surface area (TPSA) is 47.6 Å². The van der Waals surface area contributed by atoms with Gasteiger partial charge in [0.2, 0.25) is 0 Å². The van der Waals surface area contributed by atoms with Gasteiger partial charge in [-0.2, -0.15) is 10.5 Å². The highest BCUT2D eigenvalue weighted by Gasteiger charge is 2.04. The normalized spacial score (nSPS) is 9.94. The number of rotatable bonds is 5. The molecule has 1 atom stereocenters. The molecule has 0 aromatic carbocycles. The third-order valence-electron chi connectivity index (χ3n) is 2.44. The second-order valence-corrected chi connectivity index (χ2v) is 4.20. The van der Waals surface area contributed by atoms with Gasteiger partial charge in [-0.1, -0.05) is 54.4 Å². The summed E-state index contributed by atoms with van der Waals surface area (Å²) < 4.78 is 0. The first kappa shape index (κ1) is 21.3. The minimum absolute atomic E-state index is 0.556. The zero-order valence-electron chi connectivity index (χ0n) is 12.6. The maximum atomic E-state index is 8.24. The smallest absolute Gasteiger partial charge is 0.0624 e. The number of nitriles is 2. The molecule has 0 aromatic rings. The molecule has 0 spiro atoms. The number of unbranched alkanes of at least 4 members (excludes halogenated alkanes) is 3. The highest BCUT2D eigenvalue weighted by Crippen LogP contribution is 2.11. The largest absolute Gasteiger partial charge is 0.198 e. The van der Waals surface area contributed by atoms with Gasteiger partial charge in [-0.25, -0.2) is 0 Å². The highest BCUT2D eigenvalue weighted by molar-refractivity contribution is 4.74. The van der Waals surface area contributed by atoms with Crippen LogP contribution in [0.5, 0.6) is 0 Å². The van der Waals surface area contributed by atoms with Gasteiger partial charge in [0.15, 0.2) is 0 Å². The van der Waals surface area contributed by atoms with Gasteiger partial charge in [0, 0.05) is 12.8 Å². The average molecular weight is 238 g/mol. The van der Waals surface area contributed by atoms with Gasteiger partial charge in [-0.05, 0) is 18.3 Å². The number of hydrogen-bond donors (Lipinski definition) is 0. The maximum Gasteiger partial charge on any atom is 0.0624 e. The maximum absolute atomic E-state index is 8.24. The Bertz CT molecular complexity index is 196. The van der Waals surface area contributed by atoms with E-state index >= 15 is 0 Å². The van der Waals surface area contributed by atoms with Crippen molar-refractivity contribution in [3.63, 3.8) is 0 Å². The van der Waals surface area contributed by atoms with Crippen LogP contribution in [0.2, 0.25) is 0 Å². The number of hydrogen-bond acceptors (Lipinski definition) is 2. The molecule has 0 aliphatic carbocycles. The van der Waals surface area contributed by atoms with Crippen LogP contribution >= 0.6 is 0 Å². The summed E-state index contributed by atoms with van der Waals surface area (Å²) in [6.45, 7) is 12.5. The Balaban J connectivity index is -0.000000202. The second kappa shape index (κ2) is 20.4. The van der Waals surface area contributed by atoms with Crippen LogP contribution < -0.4 is 0 Å². The molecule has 0 heterocycles. The lowest BCUT2D eigenvalue weighted by Gasteiger charge is -2.09. The molecule has 0 saturated carbocycles. The van der Waals surface area contributed by atoms with Gasteiger partial charge in [-0.15, -0.1) is 0 Å². The van der Waals surface area contributed by atoms with Gasteiger partial charge in [0.05, 0.1) is 12.1 Å². The standard InChI is InChI=1S/C7H13N.C6H11N.C2H6/c1-6(2)7(3)4-5-8;1-2-3-4-5-6-7;1-2/h6-7H,4H2,1-3H3;2-5H2,1H3;1-2H3. The van der Waals surface area contributed by atoms with Crippen LogP contribution in [-0.4, -0.2) is 0 Å². The van der Waals surface area contributed by atoms with Crippen LogP contribution in [0.3, 0.4) is 0 Å². The SMILES string of the molecule is CC.CC(C)C(C)CC#N.CCCCCC#N. The molecule has 0 rings (SSSR count). The Morgan fingerprint density at radius 3 is 1.71 bits per heavy atom. The minimum atomic E-state index is 0.556. The molecule has 1 unspecified atom stereocenters. The van der Waals surface area contributed by atoms with E-state index in [1.807, 2.05) is 13.8 Å². The molecule has 0 aliphatic rings. The molecular formula is C15H30N2. The molecule has 0 aliphatic heterocycles. The molecule has 2 heteroatoms. The van der Waals surface area contributed by atoms with E-state index in [0.29, 0.717) is 18.3 Å². The quantitative estimate of drug-likeness (QED) is 0.609. The van der Waals surface area contributed by atoms with Crippen LogP contribution in [-0.2, 0) is 0 Å². The van der Waals surface area contributed by atoms with Gasteiger partial charge in [0.25, 0.3) is 0 Å². The van der Waals surface area contributed by atoms with Gasteiger partial charge < -0.3 is 0 Å². The van der Waals surface area contributed by atoms with E-state index in [-0.39, 0.29) is 0 Å². The summed E-state index contributed by atoms with van der Waals surface area (Å²) in [6, 6.07) is 4.25. The fourth-order valence-corrected chi connectivity index (χ4v) is 0.834. The van der Waals surface area contributed by atoms with Crippen molar-refractivity contribution in [2.24, 2.45) is 11.8 Å². The summed E-state index contributed by atoms with van der Waals surface area (Å²) >= 11 is 0.